The Morgan fingerprint density at radius 3 is 1.48 bits per heavy atom. The lowest BCUT2D eigenvalue weighted by Gasteiger charge is -2.36. The Morgan fingerprint density at radius 2 is 1.01 bits per heavy atom. The monoisotopic (exact) mass is 2230 g/mol. The number of hydrogen-bond donors (Lipinski definition) is 8. The molecule has 1 amide bonds. The third-order valence-electron chi connectivity index (χ3n) is 23.6. The van der Waals surface area contributed by atoms with Crippen LogP contribution in [0, 0.1) is 18.8 Å². The van der Waals surface area contributed by atoms with Crippen molar-refractivity contribution in [1.29, 1.82) is 0 Å². The molecule has 4 aromatic heterocycles. The minimum absolute atomic E-state index is 0.00205. The number of fused-ring (bicyclic) bond motifs is 4. The minimum Gasteiger partial charge on any atom is -0.756 e. The fourth-order valence-corrected chi connectivity index (χ4v) is 28.0. The van der Waals surface area contributed by atoms with E-state index in [2.05, 4.69) is 110 Å². The number of nitrogen functional groups attached to an aromatic ring is 2. The number of H-pyrrole nitrogens is 2. The lowest BCUT2D eigenvalue weighted by Crippen LogP contribution is -2.40. The molecule has 0 radical (unpaired) electrons. The number of phosphoric ester groups is 4. The van der Waals surface area contributed by atoms with Crippen LogP contribution in [0.1, 0.15) is 173 Å². The van der Waals surface area contributed by atoms with Crippen LogP contribution in [-0.4, -0.2) is 195 Å². The van der Waals surface area contributed by atoms with Crippen LogP contribution >= 0.6 is 62.6 Å². The number of allylic oxidation sites excluding steroid dienone is 8. The van der Waals surface area contributed by atoms with Gasteiger partial charge in [-0.1, -0.05) is 90.2 Å². The predicted molar refractivity (Wildman–Crippen MR) is 488 cm³/mol. The van der Waals surface area contributed by atoms with Crippen LogP contribution in [0.25, 0.3) is 22.3 Å². The molecular formula is C76H106N15O41P8S3-9. The summed E-state index contributed by atoms with van der Waals surface area (Å²) >= 11 is 0. The zero-order valence-electron chi connectivity index (χ0n) is 77.4. The van der Waals surface area contributed by atoms with Crippen molar-refractivity contribution in [2.24, 2.45) is 17.6 Å². The number of amides is 1. The van der Waals surface area contributed by atoms with Gasteiger partial charge in [0.1, 0.15) is 41.8 Å². The molecule has 143 heavy (non-hydrogen) atoms. The molecule has 1 saturated carbocycles. The van der Waals surface area contributed by atoms with Crippen molar-refractivity contribution in [2.45, 2.75) is 197 Å². The molecule has 4 fully saturated rings. The maximum Gasteiger partial charge on any atom is 0.280 e. The van der Waals surface area contributed by atoms with E-state index in [0.29, 0.717) is 101 Å². The normalized spacial score (nSPS) is 24.5. The number of carbonyl (C=O) groups is 1. The minimum atomic E-state index is -6.55. The molecule has 3 saturated heterocycles. The van der Waals surface area contributed by atoms with Gasteiger partial charge in [-0.2, -0.15) is 18.4 Å². The summed E-state index contributed by atoms with van der Waals surface area (Å²) < 4.78 is 259. The maximum absolute atomic E-state index is 13.7. The number of rotatable bonds is 47. The zero-order chi connectivity index (χ0) is 105. The number of ether oxygens (including phenoxy) is 2. The van der Waals surface area contributed by atoms with Gasteiger partial charge < -0.3 is 113 Å². The van der Waals surface area contributed by atoms with E-state index in [0.717, 1.165) is 45.7 Å². The molecule has 56 nitrogen and oxygen atoms in total. The summed E-state index contributed by atoms with van der Waals surface area (Å²) in [5.41, 5.74) is 21.9. The smallest absolute Gasteiger partial charge is 0.280 e. The van der Waals surface area contributed by atoms with Gasteiger partial charge >= 0.3 is 0 Å². The number of benzene rings is 2. The lowest BCUT2D eigenvalue weighted by molar-refractivity contribution is -0.539. The fraction of sp³-hybridized carbons (Fsp3) is 0.579. The van der Waals surface area contributed by atoms with Crippen LogP contribution in [0.15, 0.2) is 110 Å². The molecule has 2 aromatic carbocycles. The quantitative estimate of drug-likeness (QED) is 0.0118. The SMILES string of the molecule is CC1C[C@H](n2cnc3c(=O)[nH]c(N)nc32)O[C@@H]1COP(=O)([O-])OP(=O)([O-])OP(=O)([O-])OP(=O)([O-])OCCCCCCN.Cc1ccc2c(c1)C(C)(C)/C(=C/C=C1\CCCC(=CC=C3N(CCCS(=O)(=O)O)c4ccc(S(=O)(=O)[O-])cc4C3(C)C)C1=[N+]1CCC(C(=O)NCCCCCCOP(=O)([O-])OP(=O)([O-])OP(=O)([O-])OP(=O)([O-])OC[C@H]3O[C@@H](n4cnc5c(=O)[nH]c(N)nc54)CC3O)CC1)N2CCCS(=O)(=O)[O-]. The first-order valence-corrected chi connectivity index (χ1v) is 60.5. The Labute approximate surface area is 819 Å². The second-order valence-corrected chi connectivity index (χ2v) is 51.6. The van der Waals surface area contributed by atoms with Crippen LogP contribution in [0.3, 0.4) is 0 Å². The summed E-state index contributed by atoms with van der Waals surface area (Å²) in [5.74, 6) is -2.57. The van der Waals surface area contributed by atoms with E-state index in [1.165, 1.54) is 33.7 Å². The number of anilines is 4. The molecule has 67 heteroatoms. The third-order valence-corrected chi connectivity index (χ3v) is 37.5. The number of phosphoric acid groups is 8. The Morgan fingerprint density at radius 1 is 0.580 bits per heavy atom. The van der Waals surface area contributed by atoms with E-state index in [9.17, 15) is 134 Å². The number of aliphatic hydroxyl groups is 1. The number of aromatic nitrogens is 8. The molecule has 5 aliphatic heterocycles. The number of aliphatic hydroxyl groups excluding tert-OH is 1. The first-order valence-electron chi connectivity index (χ1n) is 44.2. The number of aromatic amines is 2. The van der Waals surface area contributed by atoms with Crippen LogP contribution < -0.4 is 82.6 Å². The number of nitrogens with zero attached hydrogens (tertiary/aromatic N) is 9. The van der Waals surface area contributed by atoms with Crippen LogP contribution in [0.2, 0.25) is 0 Å². The van der Waals surface area contributed by atoms with Crippen molar-refractivity contribution in [3.05, 3.63) is 133 Å². The number of nitrogens with two attached hydrogens (primary N) is 3. The number of hydrogen-bond acceptors (Lipinski definition) is 49. The summed E-state index contributed by atoms with van der Waals surface area (Å²) in [4.78, 5) is 159. The van der Waals surface area contributed by atoms with E-state index in [1.54, 1.807) is 6.92 Å². The third kappa shape index (κ3) is 32.3. The Bertz CT molecular complexity index is 6790. The number of unbranched alkanes of at least 4 members (excludes halogenated alkanes) is 6. The Kier molecular flexibility index (Phi) is 38.4. The molecule has 798 valence electrons. The van der Waals surface area contributed by atoms with Crippen molar-refractivity contribution < 1.29 is 182 Å². The van der Waals surface area contributed by atoms with Crippen LogP contribution in [-0.2, 0) is 136 Å². The van der Waals surface area contributed by atoms with E-state index >= 15 is 0 Å². The van der Waals surface area contributed by atoms with Crippen molar-refractivity contribution in [2.75, 3.05) is 98.5 Å². The first-order chi connectivity index (χ1) is 66.4. The van der Waals surface area contributed by atoms with Crippen molar-refractivity contribution >= 4 is 150 Å². The van der Waals surface area contributed by atoms with Gasteiger partial charge in [-0.05, 0) is 131 Å². The summed E-state index contributed by atoms with van der Waals surface area (Å²) in [5, 5.41) is 13.4. The van der Waals surface area contributed by atoms with Crippen LogP contribution in [0.5, 0.6) is 0 Å². The average molecular weight is 2230 g/mol. The first kappa shape index (κ1) is 116. The molecule has 1 aliphatic carbocycles. The standard InChI is InChI=1S/C59H83N9O26P4S3.C17H32N6O15P4/c1-38-15-19-45-43(33-38)58(2,3)49(66(45)26-11-31-99(80,81)82)21-16-39-13-10-14-40(17-22-50-59(4,5)44-34-42(101(86,87)88)18-20-46(44)67(50)27-12-32-100(83,84)85)53(39)65-28-23-41(24-29-65)55(70)61-25-8-6-7-9-30-89-95(72,73)92-97(76,77)94-98(78,79)93-96(74,75)90-36-48-47(69)35-51(91-48)68-37-62-52-54(68)63-57(60)64-56(52)71;1-11-8-13(23-10-20-14-15(23)21-17(19)22-16(14)24)35-12(11)9-34-40(27,28)37-42(31,32)38-41(29,30)36-39(25,26)33-7-5-3-2-4-6-18/h15-22,33-34,37,41,47-48,51,69H,6-14,23-32,35-36H2,1-5H3,(H10-,60,61,63,64,70,71,72,73,74,75,76,77,78,79,80,81,82,83,84,85,86,87,88);10-13H,2-9,18H2,1H3,(H,25,26)(H,27,28)(H,29,30)(H,31,32)(H3,19,21,22,24)/p-9/t47?,48-,51-;11?,12-,13-/m11/s1. The highest BCUT2D eigenvalue weighted by Crippen LogP contribution is 2.69. The molecule has 0 bridgehead atoms. The predicted octanol–water partition coefficient (Wildman–Crippen LogP) is 2.77. The number of imidazole rings is 2. The molecule has 11 N–H and O–H groups in total. The van der Waals surface area contributed by atoms with Gasteiger partial charge in [-0.25, -0.2) is 57.2 Å². The van der Waals surface area contributed by atoms with Gasteiger partial charge in [-0.3, -0.25) is 74.6 Å². The highest BCUT2D eigenvalue weighted by Gasteiger charge is 2.45. The highest BCUT2D eigenvalue weighted by molar-refractivity contribution is 7.86. The average Bonchev–Trinajstić information content (AvgIpc) is 1.48. The summed E-state index contributed by atoms with van der Waals surface area (Å²) in [6.07, 6.45) is 10.5. The van der Waals surface area contributed by atoms with Gasteiger partial charge in [0.05, 0.1) is 72.1 Å². The van der Waals surface area contributed by atoms with E-state index in [4.69, 9.17) is 26.7 Å². The molecule has 14 atom stereocenters. The van der Waals surface area contributed by atoms with Gasteiger partial charge in [-0.15, -0.1) is 0 Å². The number of carbonyl (C=O) groups excluding carboxylic acids is 1. The van der Waals surface area contributed by atoms with Crippen molar-refractivity contribution in [1.82, 2.24) is 44.4 Å². The molecule has 12 rings (SSSR count). The zero-order valence-corrected chi connectivity index (χ0v) is 87.0. The number of nitrogens with one attached hydrogen (secondary N) is 3. The van der Waals surface area contributed by atoms with E-state index in [-0.39, 0.29) is 105 Å². The van der Waals surface area contributed by atoms with Crippen molar-refractivity contribution in [3.8, 4) is 0 Å². The van der Waals surface area contributed by atoms with Gasteiger partial charge in [0.15, 0.2) is 22.3 Å². The molecule has 0 spiro atoms. The highest BCUT2D eigenvalue weighted by atomic mass is 32.2. The molecule has 6 aromatic rings. The summed E-state index contributed by atoms with van der Waals surface area (Å²) in [7, 11) is -62.7. The molecule has 6 aliphatic rings. The van der Waals surface area contributed by atoms with Crippen LogP contribution in [0.4, 0.5) is 23.3 Å². The fourth-order valence-electron chi connectivity index (χ4n) is 16.9. The Hall–Kier alpha value is -6.87. The van der Waals surface area contributed by atoms with E-state index < -0.39 is 200 Å². The largest absolute Gasteiger partial charge is 0.756 e. The number of piperidine rings is 1. The van der Waals surface area contributed by atoms with Gasteiger partial charge in [0, 0.05) is 95.3 Å². The Balaban J connectivity index is 0.000000386. The second kappa shape index (κ2) is 47.1. The number of aryl methyl sites for hydroxylation is 1. The molecular weight excluding hydrogens is 2120 g/mol. The van der Waals surface area contributed by atoms with Gasteiger partial charge in [0.2, 0.25) is 23.5 Å². The van der Waals surface area contributed by atoms with Gasteiger partial charge in [0.25, 0.3) is 83.8 Å². The maximum atomic E-state index is 13.7. The summed E-state index contributed by atoms with van der Waals surface area (Å²) in [6, 6.07) is 10.1. The topological polar surface area (TPSA) is 865 Å². The lowest BCUT2D eigenvalue weighted by atomic mass is 9.82. The van der Waals surface area contributed by atoms with E-state index in [1.807, 2.05) is 60.9 Å². The molecule has 10 unspecified atom stereocenters. The molecule has 9 heterocycles. The van der Waals surface area contributed by atoms with Crippen molar-refractivity contribution in [3.63, 3.8) is 0 Å². The summed E-state index contributed by atoms with van der Waals surface area (Å²) in [6.45, 7) is 10.3. The second-order valence-electron chi connectivity index (χ2n) is 35.0.